The molecule has 0 bridgehead atoms. The van der Waals surface area contributed by atoms with Gasteiger partial charge in [-0.3, -0.25) is 14.5 Å². The maximum absolute atomic E-state index is 12.5. The number of nitrogens with zero attached hydrogens (tertiary/aromatic N) is 2. The number of piperazine rings is 1. The largest absolute Gasteiger partial charge is 0.495 e. The number of hydrogen-bond donors (Lipinski definition) is 1. The van der Waals surface area contributed by atoms with Crippen molar-refractivity contribution in [2.75, 3.05) is 52.3 Å². The van der Waals surface area contributed by atoms with Crippen molar-refractivity contribution in [3.8, 4) is 11.5 Å². The van der Waals surface area contributed by atoms with Gasteiger partial charge >= 0.3 is 0 Å². The number of nitrogens with one attached hydrogen (secondary N) is 1. The van der Waals surface area contributed by atoms with Gasteiger partial charge in [0.25, 0.3) is 5.91 Å². The molecule has 9 heteroatoms. The van der Waals surface area contributed by atoms with Crippen molar-refractivity contribution in [3.05, 3.63) is 39.5 Å². The molecule has 7 nitrogen and oxygen atoms in total. The molecule has 2 heterocycles. The molecule has 1 saturated heterocycles. The number of hydrogen-bond acceptors (Lipinski definition) is 6. The first-order valence-corrected chi connectivity index (χ1v) is 10.0. The lowest BCUT2D eigenvalue weighted by molar-refractivity contribution is -0.117. The van der Waals surface area contributed by atoms with Gasteiger partial charge in [0, 0.05) is 38.3 Å². The molecule has 1 aromatic carbocycles. The van der Waals surface area contributed by atoms with Gasteiger partial charge in [0.05, 0.1) is 36.4 Å². The lowest BCUT2D eigenvalue weighted by Crippen LogP contribution is -2.50. The third-order valence-corrected chi connectivity index (χ3v) is 5.66. The highest BCUT2D eigenvalue weighted by atomic mass is 35.5. The Morgan fingerprint density at radius 1 is 1.14 bits per heavy atom. The minimum Gasteiger partial charge on any atom is -0.495 e. The van der Waals surface area contributed by atoms with Crippen LogP contribution < -0.4 is 14.8 Å². The van der Waals surface area contributed by atoms with Crippen molar-refractivity contribution < 1.29 is 19.1 Å². The van der Waals surface area contributed by atoms with Crippen LogP contribution in [0.5, 0.6) is 11.5 Å². The van der Waals surface area contributed by atoms with Gasteiger partial charge in [-0.2, -0.15) is 0 Å². The van der Waals surface area contributed by atoms with E-state index in [9.17, 15) is 9.59 Å². The molecule has 0 spiro atoms. The SMILES string of the molecule is COc1cc(NC(=O)CN2CCN(C(=O)c3cccs3)CC2)c(OC)cc1Cl. The maximum atomic E-state index is 12.5. The monoisotopic (exact) mass is 423 g/mol. The van der Waals surface area contributed by atoms with E-state index in [2.05, 4.69) is 5.32 Å². The molecule has 1 aliphatic heterocycles. The molecule has 1 aliphatic rings. The first kappa shape index (κ1) is 20.4. The normalized spacial score (nSPS) is 14.6. The van der Waals surface area contributed by atoms with Crippen molar-refractivity contribution >= 4 is 40.4 Å². The number of carbonyl (C=O) groups is 2. The molecule has 0 atom stereocenters. The Bertz CT molecular complexity index is 836. The summed E-state index contributed by atoms with van der Waals surface area (Å²) in [5.41, 5.74) is 0.500. The van der Waals surface area contributed by atoms with Crippen LogP contribution in [0.4, 0.5) is 5.69 Å². The molecule has 2 aromatic rings. The molecule has 150 valence electrons. The first-order valence-electron chi connectivity index (χ1n) is 8.78. The third-order valence-electron chi connectivity index (χ3n) is 4.51. The highest BCUT2D eigenvalue weighted by Gasteiger charge is 2.24. The fourth-order valence-electron chi connectivity index (χ4n) is 3.02. The van der Waals surface area contributed by atoms with Gasteiger partial charge < -0.3 is 19.7 Å². The average molecular weight is 424 g/mol. The average Bonchev–Trinajstić information content (AvgIpc) is 3.23. The van der Waals surface area contributed by atoms with Crippen LogP contribution in [0.3, 0.4) is 0 Å². The van der Waals surface area contributed by atoms with Gasteiger partial charge in [-0.15, -0.1) is 11.3 Å². The zero-order valence-electron chi connectivity index (χ0n) is 15.7. The van der Waals surface area contributed by atoms with Gasteiger partial charge in [0.15, 0.2) is 0 Å². The summed E-state index contributed by atoms with van der Waals surface area (Å²) in [6, 6.07) is 6.95. The Balaban J connectivity index is 1.54. The van der Waals surface area contributed by atoms with Crippen molar-refractivity contribution in [1.82, 2.24) is 9.80 Å². The van der Waals surface area contributed by atoms with E-state index in [1.165, 1.54) is 25.6 Å². The first-order chi connectivity index (χ1) is 13.5. The number of halogens is 1. The van der Waals surface area contributed by atoms with Crippen LogP contribution in [0.1, 0.15) is 9.67 Å². The number of rotatable bonds is 6. The Labute approximate surface area is 172 Å². The predicted octanol–water partition coefficient (Wildman–Crippen LogP) is 2.82. The summed E-state index contributed by atoms with van der Waals surface area (Å²) >= 11 is 7.54. The van der Waals surface area contributed by atoms with Crippen LogP contribution in [0.25, 0.3) is 0 Å². The summed E-state index contributed by atoms with van der Waals surface area (Å²) < 4.78 is 10.5. The van der Waals surface area contributed by atoms with Gasteiger partial charge in [-0.25, -0.2) is 0 Å². The Morgan fingerprint density at radius 2 is 1.86 bits per heavy atom. The van der Waals surface area contributed by atoms with E-state index in [0.29, 0.717) is 48.4 Å². The van der Waals surface area contributed by atoms with Crippen LogP contribution in [-0.4, -0.2) is 68.6 Å². The second-order valence-corrected chi connectivity index (χ2v) is 7.64. The van der Waals surface area contributed by atoms with E-state index in [0.717, 1.165) is 4.88 Å². The highest BCUT2D eigenvalue weighted by Crippen LogP contribution is 2.35. The van der Waals surface area contributed by atoms with Crippen LogP contribution in [0.2, 0.25) is 5.02 Å². The number of thiophene rings is 1. The molecule has 1 aromatic heterocycles. The molecule has 0 aliphatic carbocycles. The van der Waals surface area contributed by atoms with Gasteiger partial charge in [-0.1, -0.05) is 17.7 Å². The van der Waals surface area contributed by atoms with Gasteiger partial charge in [0.1, 0.15) is 11.5 Å². The zero-order valence-corrected chi connectivity index (χ0v) is 17.3. The summed E-state index contributed by atoms with van der Waals surface area (Å²) in [6.45, 7) is 2.72. The third kappa shape index (κ3) is 4.76. The number of benzene rings is 1. The fraction of sp³-hybridized carbons (Fsp3) is 0.368. The van der Waals surface area contributed by atoms with Crippen LogP contribution >= 0.6 is 22.9 Å². The van der Waals surface area contributed by atoms with Crippen LogP contribution in [0, 0.1) is 0 Å². The smallest absolute Gasteiger partial charge is 0.264 e. The lowest BCUT2D eigenvalue weighted by Gasteiger charge is -2.34. The van der Waals surface area contributed by atoms with Crippen molar-refractivity contribution in [2.45, 2.75) is 0 Å². The zero-order chi connectivity index (χ0) is 20.1. The number of carbonyl (C=O) groups excluding carboxylic acids is 2. The number of ether oxygens (including phenoxy) is 2. The van der Waals surface area contributed by atoms with E-state index >= 15 is 0 Å². The predicted molar refractivity (Wildman–Crippen MR) is 110 cm³/mol. The Morgan fingerprint density at radius 3 is 2.46 bits per heavy atom. The molecule has 28 heavy (non-hydrogen) atoms. The van der Waals surface area contributed by atoms with Crippen molar-refractivity contribution in [2.24, 2.45) is 0 Å². The lowest BCUT2D eigenvalue weighted by atomic mass is 10.2. The second kappa shape index (κ2) is 9.27. The number of methoxy groups -OCH3 is 2. The standard InChI is InChI=1S/C19H22ClN3O4S/c1-26-15-11-14(16(27-2)10-13(15)20)21-18(24)12-22-5-7-23(8-6-22)19(25)17-4-3-9-28-17/h3-4,9-11H,5-8,12H2,1-2H3,(H,21,24). The summed E-state index contributed by atoms with van der Waals surface area (Å²) in [5, 5.41) is 5.15. The second-order valence-electron chi connectivity index (χ2n) is 6.28. The molecule has 0 saturated carbocycles. The molecule has 1 N–H and O–H groups in total. The number of amides is 2. The summed E-state index contributed by atoms with van der Waals surface area (Å²) in [4.78, 5) is 29.5. The molecule has 1 fully saturated rings. The van der Waals surface area contributed by atoms with E-state index in [-0.39, 0.29) is 18.4 Å². The molecule has 0 radical (unpaired) electrons. The van der Waals surface area contributed by atoms with E-state index in [1.54, 1.807) is 12.1 Å². The van der Waals surface area contributed by atoms with Gasteiger partial charge in [0.2, 0.25) is 5.91 Å². The van der Waals surface area contributed by atoms with E-state index in [1.807, 2.05) is 27.3 Å². The minimum atomic E-state index is -0.166. The molecule has 0 unspecified atom stereocenters. The van der Waals surface area contributed by atoms with E-state index in [4.69, 9.17) is 21.1 Å². The van der Waals surface area contributed by atoms with Crippen molar-refractivity contribution in [3.63, 3.8) is 0 Å². The summed E-state index contributed by atoms with van der Waals surface area (Å²) in [6.07, 6.45) is 0. The number of anilines is 1. The van der Waals surface area contributed by atoms with E-state index < -0.39 is 0 Å². The Hall–Kier alpha value is -2.29. The molecular formula is C19H22ClN3O4S. The summed E-state index contributed by atoms with van der Waals surface area (Å²) in [7, 11) is 3.02. The molecule has 3 rings (SSSR count). The summed E-state index contributed by atoms with van der Waals surface area (Å²) in [5.74, 6) is 0.807. The van der Waals surface area contributed by atoms with Crippen LogP contribution in [-0.2, 0) is 4.79 Å². The fourth-order valence-corrected chi connectivity index (χ4v) is 3.94. The topological polar surface area (TPSA) is 71.1 Å². The maximum Gasteiger partial charge on any atom is 0.264 e. The quantitative estimate of drug-likeness (QED) is 0.773. The molecular weight excluding hydrogens is 402 g/mol. The minimum absolute atomic E-state index is 0.0529. The van der Waals surface area contributed by atoms with Crippen LogP contribution in [0.15, 0.2) is 29.6 Å². The Kier molecular flexibility index (Phi) is 6.77. The highest BCUT2D eigenvalue weighted by molar-refractivity contribution is 7.12. The van der Waals surface area contributed by atoms with Gasteiger partial charge in [-0.05, 0) is 11.4 Å². The molecule has 2 amide bonds. The van der Waals surface area contributed by atoms with Crippen molar-refractivity contribution in [1.29, 1.82) is 0 Å².